The molecule has 3 rings (SSSR count). The maximum atomic E-state index is 12.3. The van der Waals surface area contributed by atoms with Gasteiger partial charge in [0.1, 0.15) is 5.82 Å². The molecule has 3 aromatic rings. The molecular weight excluding hydrogens is 306 g/mol. The highest BCUT2D eigenvalue weighted by Gasteiger charge is 2.15. The van der Waals surface area contributed by atoms with Gasteiger partial charge in [-0.15, -0.1) is 0 Å². The number of rotatable bonds is 4. The van der Waals surface area contributed by atoms with Gasteiger partial charge in [0.2, 0.25) is 0 Å². The summed E-state index contributed by atoms with van der Waals surface area (Å²) in [6.07, 6.45) is 0. The highest BCUT2D eigenvalue weighted by molar-refractivity contribution is 7.92. The molecule has 2 N–H and O–H groups in total. The van der Waals surface area contributed by atoms with E-state index in [4.69, 9.17) is 0 Å². The summed E-state index contributed by atoms with van der Waals surface area (Å²) in [4.78, 5) is 4.59. The molecule has 0 fully saturated rings. The largest absolute Gasteiger partial charge is 0.373 e. The SMILES string of the molecule is CNc1ccc2cc(S(=O)(=O)Nc3ccsc3)ccc2n1. The van der Waals surface area contributed by atoms with E-state index in [2.05, 4.69) is 15.0 Å². The zero-order valence-corrected chi connectivity index (χ0v) is 12.8. The molecule has 2 heterocycles. The van der Waals surface area contributed by atoms with E-state index < -0.39 is 10.0 Å². The van der Waals surface area contributed by atoms with Crippen LogP contribution in [0.5, 0.6) is 0 Å². The number of nitrogens with zero attached hydrogens (tertiary/aromatic N) is 1. The Morgan fingerprint density at radius 1 is 1.14 bits per heavy atom. The number of hydrogen-bond donors (Lipinski definition) is 2. The van der Waals surface area contributed by atoms with Crippen molar-refractivity contribution >= 4 is 43.8 Å². The van der Waals surface area contributed by atoms with Gasteiger partial charge < -0.3 is 5.32 Å². The van der Waals surface area contributed by atoms with Gasteiger partial charge in [-0.2, -0.15) is 11.3 Å². The summed E-state index contributed by atoms with van der Waals surface area (Å²) in [6.45, 7) is 0. The van der Waals surface area contributed by atoms with E-state index in [-0.39, 0.29) is 4.90 Å². The van der Waals surface area contributed by atoms with E-state index in [1.54, 1.807) is 36.7 Å². The average Bonchev–Trinajstić information content (AvgIpc) is 2.98. The fourth-order valence-electron chi connectivity index (χ4n) is 1.95. The van der Waals surface area contributed by atoms with E-state index in [0.717, 1.165) is 16.7 Å². The lowest BCUT2D eigenvalue weighted by atomic mass is 10.2. The normalized spacial score (nSPS) is 11.5. The van der Waals surface area contributed by atoms with Crippen LogP contribution in [0, 0.1) is 0 Å². The van der Waals surface area contributed by atoms with Crippen LogP contribution in [0.25, 0.3) is 10.9 Å². The van der Waals surface area contributed by atoms with Crippen LogP contribution >= 0.6 is 11.3 Å². The van der Waals surface area contributed by atoms with Crippen LogP contribution in [0.15, 0.2) is 52.1 Å². The Morgan fingerprint density at radius 2 is 2.00 bits per heavy atom. The molecule has 21 heavy (non-hydrogen) atoms. The fourth-order valence-corrected chi connectivity index (χ4v) is 3.69. The predicted molar refractivity (Wildman–Crippen MR) is 86.4 cm³/mol. The molecule has 0 radical (unpaired) electrons. The van der Waals surface area contributed by atoms with Gasteiger partial charge in [-0.05, 0) is 41.8 Å². The number of sulfonamides is 1. The molecule has 2 aromatic heterocycles. The molecule has 5 nitrogen and oxygen atoms in total. The lowest BCUT2D eigenvalue weighted by Gasteiger charge is -2.08. The van der Waals surface area contributed by atoms with Gasteiger partial charge >= 0.3 is 0 Å². The van der Waals surface area contributed by atoms with Gasteiger partial charge in [-0.3, -0.25) is 4.72 Å². The van der Waals surface area contributed by atoms with Crippen molar-refractivity contribution in [3.8, 4) is 0 Å². The van der Waals surface area contributed by atoms with Crippen molar-refractivity contribution in [1.82, 2.24) is 4.98 Å². The van der Waals surface area contributed by atoms with Gasteiger partial charge in [0.25, 0.3) is 10.0 Å². The third-order valence-electron chi connectivity index (χ3n) is 3.00. The second kappa shape index (κ2) is 5.34. The van der Waals surface area contributed by atoms with E-state index in [1.165, 1.54) is 11.3 Å². The van der Waals surface area contributed by atoms with Gasteiger partial charge in [0.05, 0.1) is 16.1 Å². The smallest absolute Gasteiger partial charge is 0.261 e. The summed E-state index contributed by atoms with van der Waals surface area (Å²) in [5, 5.41) is 7.30. The highest BCUT2D eigenvalue weighted by atomic mass is 32.2. The average molecular weight is 319 g/mol. The van der Waals surface area contributed by atoms with Crippen molar-refractivity contribution in [2.24, 2.45) is 0 Å². The molecule has 0 aliphatic heterocycles. The maximum Gasteiger partial charge on any atom is 0.261 e. The third-order valence-corrected chi connectivity index (χ3v) is 5.06. The van der Waals surface area contributed by atoms with Gasteiger partial charge in [-0.25, -0.2) is 13.4 Å². The minimum absolute atomic E-state index is 0.222. The molecule has 0 saturated carbocycles. The molecule has 108 valence electrons. The van der Waals surface area contributed by atoms with Gasteiger partial charge in [0.15, 0.2) is 0 Å². The van der Waals surface area contributed by atoms with Crippen LogP contribution in [0.2, 0.25) is 0 Å². The topological polar surface area (TPSA) is 71.1 Å². The summed E-state index contributed by atoms with van der Waals surface area (Å²) >= 11 is 1.44. The van der Waals surface area contributed by atoms with E-state index in [9.17, 15) is 8.42 Å². The molecule has 1 aromatic carbocycles. The van der Waals surface area contributed by atoms with Crippen molar-refractivity contribution in [3.63, 3.8) is 0 Å². The number of hydrogen-bond acceptors (Lipinski definition) is 5. The number of thiophene rings is 1. The molecule has 7 heteroatoms. The Kier molecular flexibility index (Phi) is 3.52. The van der Waals surface area contributed by atoms with E-state index >= 15 is 0 Å². The van der Waals surface area contributed by atoms with Gasteiger partial charge in [-0.1, -0.05) is 0 Å². The summed E-state index contributed by atoms with van der Waals surface area (Å²) in [5.74, 6) is 0.745. The summed E-state index contributed by atoms with van der Waals surface area (Å²) in [7, 11) is -1.79. The monoisotopic (exact) mass is 319 g/mol. The van der Waals surface area contributed by atoms with Crippen molar-refractivity contribution in [2.45, 2.75) is 4.90 Å². The standard InChI is InChI=1S/C14H13N3O2S2/c1-15-14-5-2-10-8-12(3-4-13(10)16-14)21(18,19)17-11-6-7-20-9-11/h2-9,17H,1H3,(H,15,16). The lowest BCUT2D eigenvalue weighted by Crippen LogP contribution is -2.12. The second-order valence-electron chi connectivity index (χ2n) is 4.42. The van der Waals surface area contributed by atoms with Crippen molar-refractivity contribution in [3.05, 3.63) is 47.2 Å². The minimum atomic E-state index is -3.58. The lowest BCUT2D eigenvalue weighted by molar-refractivity contribution is 0.601. The molecule has 0 atom stereocenters. The molecule has 0 saturated heterocycles. The Labute approximate surface area is 126 Å². The van der Waals surface area contributed by atoms with Crippen LogP contribution in [-0.2, 0) is 10.0 Å². The molecule has 0 aliphatic carbocycles. The molecule has 0 bridgehead atoms. The fraction of sp³-hybridized carbons (Fsp3) is 0.0714. The summed E-state index contributed by atoms with van der Waals surface area (Å²) in [5.41, 5.74) is 1.32. The number of nitrogens with one attached hydrogen (secondary N) is 2. The number of aromatic nitrogens is 1. The quantitative estimate of drug-likeness (QED) is 0.775. The molecular formula is C14H13N3O2S2. The van der Waals surface area contributed by atoms with Crippen LogP contribution in [-0.4, -0.2) is 20.4 Å². The Morgan fingerprint density at radius 3 is 2.71 bits per heavy atom. The first-order chi connectivity index (χ1) is 10.1. The van der Waals surface area contributed by atoms with Crippen molar-refractivity contribution in [2.75, 3.05) is 17.1 Å². The summed E-state index contributed by atoms with van der Waals surface area (Å²) in [6, 6.07) is 10.3. The first-order valence-electron chi connectivity index (χ1n) is 6.22. The second-order valence-corrected chi connectivity index (χ2v) is 6.88. The zero-order valence-electron chi connectivity index (χ0n) is 11.2. The Hall–Kier alpha value is -2.12. The minimum Gasteiger partial charge on any atom is -0.373 e. The predicted octanol–water partition coefficient (Wildman–Crippen LogP) is 3.14. The van der Waals surface area contributed by atoms with Crippen LogP contribution in [0.3, 0.4) is 0 Å². The first kappa shape index (κ1) is 13.8. The van der Waals surface area contributed by atoms with Crippen molar-refractivity contribution in [1.29, 1.82) is 0 Å². The van der Waals surface area contributed by atoms with Crippen molar-refractivity contribution < 1.29 is 8.42 Å². The van der Waals surface area contributed by atoms with Crippen LogP contribution in [0.4, 0.5) is 11.5 Å². The zero-order chi connectivity index (χ0) is 14.9. The third kappa shape index (κ3) is 2.84. The first-order valence-corrected chi connectivity index (χ1v) is 8.65. The molecule has 0 aliphatic rings. The number of benzene rings is 1. The van der Waals surface area contributed by atoms with E-state index in [0.29, 0.717) is 5.69 Å². The summed E-state index contributed by atoms with van der Waals surface area (Å²) < 4.78 is 27.2. The Bertz CT molecular complexity index is 874. The number of fused-ring (bicyclic) bond motifs is 1. The van der Waals surface area contributed by atoms with E-state index in [1.807, 2.05) is 17.5 Å². The highest BCUT2D eigenvalue weighted by Crippen LogP contribution is 2.22. The maximum absolute atomic E-state index is 12.3. The number of pyridine rings is 1. The molecule has 0 spiro atoms. The molecule has 0 amide bonds. The Balaban J connectivity index is 2.00. The van der Waals surface area contributed by atoms with Crippen LogP contribution < -0.4 is 10.0 Å². The van der Waals surface area contributed by atoms with Gasteiger partial charge in [0, 0.05) is 17.8 Å². The van der Waals surface area contributed by atoms with Crippen LogP contribution in [0.1, 0.15) is 0 Å². The molecule has 0 unspecified atom stereocenters. The number of anilines is 2.